The van der Waals surface area contributed by atoms with Gasteiger partial charge in [0, 0.05) is 10.9 Å². The van der Waals surface area contributed by atoms with Crippen molar-refractivity contribution in [3.8, 4) is 16.3 Å². The summed E-state index contributed by atoms with van der Waals surface area (Å²) in [6, 6.07) is 7.78. The minimum atomic E-state index is -0.650. The molecule has 5 nitrogen and oxygen atoms in total. The molecule has 4 fully saturated rings. The van der Waals surface area contributed by atoms with Gasteiger partial charge in [0.25, 0.3) is 0 Å². The fraction of sp³-hybridized carbons (Fsp3) is 0.545. The van der Waals surface area contributed by atoms with E-state index in [-0.39, 0.29) is 12.6 Å². The van der Waals surface area contributed by atoms with Gasteiger partial charge in [-0.3, -0.25) is 4.79 Å². The average Bonchev–Trinajstić information content (AvgIpc) is 3.13. The lowest BCUT2D eigenvalue weighted by Gasteiger charge is -2.58. The van der Waals surface area contributed by atoms with Crippen molar-refractivity contribution in [1.29, 1.82) is 0 Å². The van der Waals surface area contributed by atoms with Crippen molar-refractivity contribution >= 4 is 17.3 Å². The van der Waals surface area contributed by atoms with Crippen LogP contribution in [0.5, 0.6) is 5.75 Å². The van der Waals surface area contributed by atoms with E-state index >= 15 is 0 Å². The van der Waals surface area contributed by atoms with Gasteiger partial charge in [-0.05, 0) is 62.5 Å². The summed E-state index contributed by atoms with van der Waals surface area (Å²) in [6.07, 6.45) is 5.18. The van der Waals surface area contributed by atoms with Crippen LogP contribution in [0.4, 0.5) is 0 Å². The second-order valence-electron chi connectivity index (χ2n) is 8.92. The summed E-state index contributed by atoms with van der Waals surface area (Å²) in [5.74, 6) is 1.59. The molecule has 4 saturated carbocycles. The van der Waals surface area contributed by atoms with E-state index in [0.29, 0.717) is 18.3 Å². The van der Waals surface area contributed by atoms with E-state index in [1.807, 2.05) is 29.6 Å². The van der Waals surface area contributed by atoms with Crippen molar-refractivity contribution in [3.63, 3.8) is 0 Å². The Morgan fingerprint density at radius 3 is 2.79 bits per heavy atom. The SMILES string of the molecule is COc1cccc(-c2nc(COC(=O)C34C[C@@H]5C[C@@H](CC(O)(C5)C3)C4)cs2)c1. The molecule has 0 radical (unpaired) electrons. The Kier molecular flexibility index (Phi) is 4.25. The van der Waals surface area contributed by atoms with Crippen LogP contribution < -0.4 is 4.74 Å². The summed E-state index contributed by atoms with van der Waals surface area (Å²) < 4.78 is 11.0. The molecule has 1 N–H and O–H groups in total. The van der Waals surface area contributed by atoms with Crippen molar-refractivity contribution in [2.75, 3.05) is 7.11 Å². The van der Waals surface area contributed by atoms with E-state index in [4.69, 9.17) is 9.47 Å². The van der Waals surface area contributed by atoms with E-state index in [9.17, 15) is 9.90 Å². The van der Waals surface area contributed by atoms with Gasteiger partial charge >= 0.3 is 5.97 Å². The number of methoxy groups -OCH3 is 1. The number of carbonyl (C=O) groups excluding carboxylic acids is 1. The molecule has 1 heterocycles. The highest BCUT2D eigenvalue weighted by Crippen LogP contribution is 2.62. The zero-order valence-electron chi connectivity index (χ0n) is 16.0. The van der Waals surface area contributed by atoms with Gasteiger partial charge in [-0.15, -0.1) is 11.3 Å². The summed E-state index contributed by atoms with van der Waals surface area (Å²) in [7, 11) is 1.65. The number of rotatable bonds is 5. The van der Waals surface area contributed by atoms with E-state index in [2.05, 4.69) is 4.98 Å². The Morgan fingerprint density at radius 1 is 1.29 bits per heavy atom. The number of thiazole rings is 1. The molecule has 1 aromatic heterocycles. The largest absolute Gasteiger partial charge is 0.497 e. The summed E-state index contributed by atoms with van der Waals surface area (Å²) in [4.78, 5) is 17.6. The number of ether oxygens (including phenoxy) is 2. The fourth-order valence-corrected chi connectivity index (χ4v) is 6.81. The molecular weight excluding hydrogens is 374 g/mol. The molecule has 0 amide bonds. The third kappa shape index (κ3) is 3.12. The zero-order chi connectivity index (χ0) is 19.4. The van der Waals surface area contributed by atoms with Gasteiger partial charge in [0.05, 0.1) is 23.8 Å². The summed E-state index contributed by atoms with van der Waals surface area (Å²) in [6.45, 7) is 0.189. The number of nitrogens with zero attached hydrogens (tertiary/aromatic N) is 1. The standard InChI is InChI=1S/C22H25NO4S/c1-26-18-4-2-3-16(6-18)19-23-17(12-28-19)11-27-20(24)21-7-14-5-15(8-21)10-22(25,9-14)13-21/h2-4,6,12,14-15,25H,5,7-11,13H2,1H3/t14-,15+,21?,22?. The molecular formula is C22H25NO4S. The molecule has 2 aromatic rings. The summed E-state index contributed by atoms with van der Waals surface area (Å²) >= 11 is 1.53. The molecule has 4 atom stereocenters. The number of aromatic nitrogens is 1. The van der Waals surface area contributed by atoms with Crippen molar-refractivity contribution in [1.82, 2.24) is 4.98 Å². The van der Waals surface area contributed by atoms with Crippen LogP contribution in [0.1, 0.15) is 44.2 Å². The second kappa shape index (κ2) is 6.56. The van der Waals surface area contributed by atoms with Crippen molar-refractivity contribution in [2.45, 2.75) is 50.7 Å². The first kappa shape index (κ1) is 18.1. The monoisotopic (exact) mass is 399 g/mol. The van der Waals surface area contributed by atoms with E-state index in [0.717, 1.165) is 54.1 Å². The van der Waals surface area contributed by atoms with Crippen molar-refractivity contribution < 1.29 is 19.4 Å². The maximum absolute atomic E-state index is 13.0. The minimum absolute atomic E-state index is 0.143. The Labute approximate surface area is 168 Å². The number of hydrogen-bond donors (Lipinski definition) is 1. The maximum Gasteiger partial charge on any atom is 0.312 e. The van der Waals surface area contributed by atoms with Crippen LogP contribution in [0.25, 0.3) is 10.6 Å². The van der Waals surface area contributed by atoms with Gasteiger partial charge in [0.15, 0.2) is 0 Å². The highest BCUT2D eigenvalue weighted by molar-refractivity contribution is 7.13. The maximum atomic E-state index is 13.0. The topological polar surface area (TPSA) is 68.7 Å². The lowest BCUT2D eigenvalue weighted by molar-refractivity contribution is -0.197. The van der Waals surface area contributed by atoms with Gasteiger partial charge in [0.2, 0.25) is 0 Å². The predicted octanol–water partition coefficient (Wildman–Crippen LogP) is 4.19. The van der Waals surface area contributed by atoms with Gasteiger partial charge in [-0.2, -0.15) is 0 Å². The number of hydrogen-bond acceptors (Lipinski definition) is 6. The van der Waals surface area contributed by atoms with Gasteiger partial charge in [-0.25, -0.2) is 4.98 Å². The smallest absolute Gasteiger partial charge is 0.312 e. The molecule has 6 rings (SSSR count). The normalized spacial score (nSPS) is 33.1. The molecule has 4 aliphatic carbocycles. The molecule has 4 aliphatic rings. The number of esters is 1. The first-order valence-corrected chi connectivity index (χ1v) is 10.8. The van der Waals surface area contributed by atoms with Crippen molar-refractivity contribution in [2.24, 2.45) is 17.3 Å². The number of carbonyl (C=O) groups is 1. The van der Waals surface area contributed by atoms with Crippen LogP contribution in [-0.4, -0.2) is 28.8 Å². The molecule has 0 saturated heterocycles. The molecule has 6 heteroatoms. The van der Waals surface area contributed by atoms with Gasteiger partial charge < -0.3 is 14.6 Å². The first-order valence-electron chi connectivity index (χ1n) is 9.95. The highest BCUT2D eigenvalue weighted by atomic mass is 32.1. The molecule has 4 bridgehead atoms. The molecule has 0 aliphatic heterocycles. The third-order valence-corrected chi connectivity index (χ3v) is 7.62. The average molecular weight is 400 g/mol. The summed E-state index contributed by atoms with van der Waals surface area (Å²) in [5, 5.41) is 13.7. The van der Waals surface area contributed by atoms with E-state index in [1.54, 1.807) is 7.11 Å². The number of benzene rings is 1. The van der Waals surface area contributed by atoms with E-state index in [1.165, 1.54) is 11.3 Å². The summed E-state index contributed by atoms with van der Waals surface area (Å²) in [5.41, 5.74) is 0.623. The number of aliphatic hydroxyl groups is 1. The molecule has 2 unspecified atom stereocenters. The van der Waals surface area contributed by atoms with Crippen LogP contribution in [0.2, 0.25) is 0 Å². The van der Waals surface area contributed by atoms with Gasteiger partial charge in [0.1, 0.15) is 17.4 Å². The predicted molar refractivity (Wildman–Crippen MR) is 106 cm³/mol. The molecule has 148 valence electrons. The van der Waals surface area contributed by atoms with Crippen LogP contribution in [0.3, 0.4) is 0 Å². The van der Waals surface area contributed by atoms with Crippen LogP contribution in [0.15, 0.2) is 29.6 Å². The van der Waals surface area contributed by atoms with Crippen LogP contribution in [-0.2, 0) is 16.1 Å². The van der Waals surface area contributed by atoms with Crippen LogP contribution in [0, 0.1) is 17.3 Å². The Morgan fingerprint density at radius 2 is 2.07 bits per heavy atom. The van der Waals surface area contributed by atoms with Crippen molar-refractivity contribution in [3.05, 3.63) is 35.3 Å². The first-order chi connectivity index (χ1) is 13.5. The quantitative estimate of drug-likeness (QED) is 0.764. The minimum Gasteiger partial charge on any atom is -0.497 e. The lowest BCUT2D eigenvalue weighted by atomic mass is 9.48. The Bertz CT molecular complexity index is 893. The zero-order valence-corrected chi connectivity index (χ0v) is 16.8. The molecule has 28 heavy (non-hydrogen) atoms. The Hall–Kier alpha value is -1.92. The van der Waals surface area contributed by atoms with Gasteiger partial charge in [-0.1, -0.05) is 12.1 Å². The van der Waals surface area contributed by atoms with Crippen LogP contribution >= 0.6 is 11.3 Å². The highest BCUT2D eigenvalue weighted by Gasteiger charge is 2.60. The molecule has 1 aromatic carbocycles. The third-order valence-electron chi connectivity index (χ3n) is 6.68. The Balaban J connectivity index is 1.27. The molecule has 0 spiro atoms. The second-order valence-corrected chi connectivity index (χ2v) is 9.78. The lowest BCUT2D eigenvalue weighted by Crippen LogP contribution is -2.58. The van der Waals surface area contributed by atoms with E-state index < -0.39 is 11.0 Å². The fourth-order valence-electron chi connectivity index (χ4n) is 6.01.